The molecule has 0 saturated carbocycles. The predicted octanol–water partition coefficient (Wildman–Crippen LogP) is 7.41. The number of hydrogen-bond donors (Lipinski definition) is 2. The summed E-state index contributed by atoms with van der Waals surface area (Å²) in [6.07, 6.45) is 1.68. The van der Waals surface area contributed by atoms with Gasteiger partial charge in [0.05, 0.1) is 5.33 Å². The maximum Gasteiger partial charge on any atom is 0.409 e. The van der Waals surface area contributed by atoms with E-state index in [1.165, 1.54) is 22.3 Å². The van der Waals surface area contributed by atoms with Crippen LogP contribution in [-0.4, -0.2) is 78.5 Å². The summed E-state index contributed by atoms with van der Waals surface area (Å²) in [6, 6.07) is 32.8. The summed E-state index contributed by atoms with van der Waals surface area (Å²) >= 11 is 3.23. The Morgan fingerprint density at radius 3 is 1.51 bits per heavy atom. The highest BCUT2D eigenvalue weighted by Gasteiger charge is 2.48. The molecule has 53 heavy (non-hydrogen) atoms. The first-order chi connectivity index (χ1) is 25.8. The molecule has 2 heterocycles. The smallest absolute Gasteiger partial charge is 0.409 e. The second-order valence-electron chi connectivity index (χ2n) is 14.1. The summed E-state index contributed by atoms with van der Waals surface area (Å²) in [5, 5.41) is 13.1. The number of fused-ring (bicyclic) bond motifs is 6. The van der Waals surface area contributed by atoms with Crippen LogP contribution in [0.25, 0.3) is 22.3 Å². The number of carbonyl (C=O) groups excluding carboxylic acids is 3. The molecule has 2 aliphatic heterocycles. The number of amides is 1. The summed E-state index contributed by atoms with van der Waals surface area (Å²) in [5.41, 5.74) is 8.00. The first-order valence-electron chi connectivity index (χ1n) is 18.3. The molecule has 9 nitrogen and oxygen atoms in total. The van der Waals surface area contributed by atoms with Crippen LogP contribution in [0.5, 0.6) is 0 Å². The minimum Gasteiger partial charge on any atom is -0.480 e. The fraction of sp³-hybridized carbons (Fsp3) is 0.349. The predicted molar refractivity (Wildman–Crippen MR) is 205 cm³/mol. The molecule has 4 aliphatic rings. The van der Waals surface area contributed by atoms with Crippen molar-refractivity contribution in [2.75, 3.05) is 44.7 Å². The Balaban J connectivity index is 0.000000164. The van der Waals surface area contributed by atoms with Crippen molar-refractivity contribution in [3.63, 3.8) is 0 Å². The molecular weight excluding hydrogens is 736 g/mol. The van der Waals surface area contributed by atoms with E-state index in [-0.39, 0.29) is 49.1 Å². The van der Waals surface area contributed by atoms with Gasteiger partial charge < -0.3 is 24.8 Å². The molecule has 2 fully saturated rings. The van der Waals surface area contributed by atoms with Gasteiger partial charge in [-0.3, -0.25) is 14.4 Å². The minimum atomic E-state index is -1.43. The molecule has 2 saturated heterocycles. The van der Waals surface area contributed by atoms with Crippen LogP contribution in [0.1, 0.15) is 59.8 Å². The maximum atomic E-state index is 12.7. The van der Waals surface area contributed by atoms with Crippen molar-refractivity contribution in [2.45, 2.75) is 37.5 Å². The molecule has 0 spiro atoms. The molecule has 0 bridgehead atoms. The van der Waals surface area contributed by atoms with Crippen LogP contribution < -0.4 is 5.32 Å². The molecular formula is C43H43BrN2O7. The molecule has 2 N–H and O–H groups in total. The monoisotopic (exact) mass is 778 g/mol. The number of carboxylic acid groups (broad SMARTS) is 1. The quantitative estimate of drug-likeness (QED) is 0.108. The van der Waals surface area contributed by atoms with Gasteiger partial charge in [0, 0.05) is 30.8 Å². The number of piperidine rings is 2. The fourth-order valence-electron chi connectivity index (χ4n) is 8.27. The number of carboxylic acids is 1. The van der Waals surface area contributed by atoms with Gasteiger partial charge >= 0.3 is 18.0 Å². The number of hydrogen-bond acceptors (Lipinski definition) is 7. The number of likely N-dealkylation sites (tertiary alicyclic amines) is 1. The van der Waals surface area contributed by atoms with Gasteiger partial charge in [-0.05, 0) is 83.3 Å². The van der Waals surface area contributed by atoms with Gasteiger partial charge in [-0.2, -0.15) is 0 Å². The Kier molecular flexibility index (Phi) is 11.1. The highest BCUT2D eigenvalue weighted by atomic mass is 79.9. The van der Waals surface area contributed by atoms with Crippen LogP contribution >= 0.6 is 15.9 Å². The maximum absolute atomic E-state index is 12.7. The Labute approximate surface area is 317 Å². The number of benzene rings is 4. The number of nitrogens with one attached hydrogen (secondary N) is 1. The lowest BCUT2D eigenvalue weighted by atomic mass is 9.79. The van der Waals surface area contributed by atoms with Crippen molar-refractivity contribution in [1.82, 2.24) is 10.2 Å². The van der Waals surface area contributed by atoms with Crippen LogP contribution in [0.15, 0.2) is 97.1 Å². The van der Waals surface area contributed by atoms with E-state index in [4.69, 9.17) is 9.47 Å². The molecule has 10 heteroatoms. The zero-order valence-corrected chi connectivity index (χ0v) is 31.1. The molecule has 0 unspecified atom stereocenters. The van der Waals surface area contributed by atoms with Crippen molar-refractivity contribution in [3.05, 3.63) is 119 Å². The first-order valence-corrected chi connectivity index (χ1v) is 19.4. The van der Waals surface area contributed by atoms with Gasteiger partial charge in [0.25, 0.3) is 0 Å². The molecule has 274 valence electrons. The van der Waals surface area contributed by atoms with E-state index in [0.29, 0.717) is 51.0 Å². The third kappa shape index (κ3) is 7.27. The topological polar surface area (TPSA) is 122 Å². The third-order valence-electron chi connectivity index (χ3n) is 11.3. The summed E-state index contributed by atoms with van der Waals surface area (Å²) < 4.78 is 11.3. The summed E-state index contributed by atoms with van der Waals surface area (Å²) in [6.45, 7) is 2.69. The van der Waals surface area contributed by atoms with E-state index < -0.39 is 17.4 Å². The van der Waals surface area contributed by atoms with E-state index in [0.717, 1.165) is 22.3 Å². The largest absolute Gasteiger partial charge is 0.480 e. The second kappa shape index (κ2) is 16.1. The Morgan fingerprint density at radius 2 is 1.09 bits per heavy atom. The minimum absolute atomic E-state index is 0.0566. The Morgan fingerprint density at radius 1 is 0.679 bits per heavy atom. The number of nitrogens with zero attached hydrogens (tertiary/aromatic N) is 1. The second-order valence-corrected chi connectivity index (χ2v) is 14.7. The van der Waals surface area contributed by atoms with E-state index in [2.05, 4.69) is 57.6 Å². The van der Waals surface area contributed by atoms with Crippen LogP contribution in [0.2, 0.25) is 0 Å². The number of halogens is 1. The van der Waals surface area contributed by atoms with E-state index in [9.17, 15) is 24.3 Å². The van der Waals surface area contributed by atoms with Crippen molar-refractivity contribution in [3.8, 4) is 22.3 Å². The molecule has 2 aliphatic carbocycles. The Bertz CT molecular complexity index is 1910. The lowest BCUT2D eigenvalue weighted by molar-refractivity contribution is -0.171. The van der Waals surface area contributed by atoms with Crippen LogP contribution in [-0.2, 0) is 23.9 Å². The first kappa shape index (κ1) is 36.6. The summed E-state index contributed by atoms with van der Waals surface area (Å²) in [4.78, 5) is 50.5. The zero-order chi connectivity index (χ0) is 37.0. The highest BCUT2D eigenvalue weighted by Crippen LogP contribution is 2.46. The molecule has 0 aromatic heterocycles. The normalized spacial score (nSPS) is 17.3. The number of Topliss-reactive ketones (excluding diaryl/α,β-unsaturated/α-hetero) is 1. The zero-order valence-electron chi connectivity index (χ0n) is 29.5. The van der Waals surface area contributed by atoms with Crippen LogP contribution in [0, 0.1) is 11.3 Å². The number of carbonyl (C=O) groups is 4. The fourth-order valence-corrected chi connectivity index (χ4v) is 8.73. The van der Waals surface area contributed by atoms with E-state index in [1.54, 1.807) is 4.90 Å². The van der Waals surface area contributed by atoms with Gasteiger partial charge in [0.1, 0.15) is 19.0 Å². The van der Waals surface area contributed by atoms with Crippen molar-refractivity contribution >= 4 is 39.7 Å². The number of ketones is 1. The van der Waals surface area contributed by atoms with Crippen LogP contribution in [0.4, 0.5) is 4.79 Å². The number of alkyl halides is 1. The van der Waals surface area contributed by atoms with Crippen molar-refractivity contribution in [1.29, 1.82) is 0 Å². The van der Waals surface area contributed by atoms with Gasteiger partial charge in [-0.1, -0.05) is 113 Å². The third-order valence-corrected chi connectivity index (χ3v) is 11.8. The van der Waals surface area contributed by atoms with E-state index >= 15 is 0 Å². The summed E-state index contributed by atoms with van der Waals surface area (Å²) in [5.74, 6) is -1.40. The van der Waals surface area contributed by atoms with Crippen molar-refractivity contribution in [2.24, 2.45) is 11.3 Å². The average Bonchev–Trinajstić information content (AvgIpc) is 3.71. The number of ether oxygens (including phenoxy) is 2. The van der Waals surface area contributed by atoms with Gasteiger partial charge in [0.15, 0.2) is 5.41 Å². The van der Waals surface area contributed by atoms with Crippen molar-refractivity contribution < 1.29 is 33.8 Å². The van der Waals surface area contributed by atoms with Crippen LogP contribution in [0.3, 0.4) is 0 Å². The number of esters is 1. The van der Waals surface area contributed by atoms with Gasteiger partial charge in [-0.25, -0.2) is 4.79 Å². The average molecular weight is 780 g/mol. The molecule has 1 amide bonds. The standard InChI is InChI=1S/C22H22BrNO3.C21H21NO4/c23-13-21(25)15-9-11-24(12-10-15)22(26)27-14-20-18-7-3-1-5-16(18)17-6-2-4-8-19(17)20;23-19(24)21(9-11-22-12-10-21)20(25)26-13-18-16-7-3-1-5-14(16)15-6-2-4-8-17(15)18/h1-8,15,20H,9-14H2;1-8,18,22H,9-13H2,(H,23,24). The molecule has 0 atom stereocenters. The van der Waals surface area contributed by atoms with E-state index in [1.807, 2.05) is 60.7 Å². The number of rotatable bonds is 8. The molecule has 0 radical (unpaired) electrons. The highest BCUT2D eigenvalue weighted by molar-refractivity contribution is 9.09. The Hall–Kier alpha value is -4.80. The number of aliphatic carboxylic acids is 1. The molecule has 4 aromatic carbocycles. The molecule has 4 aromatic rings. The lowest BCUT2D eigenvalue weighted by Gasteiger charge is -2.31. The lowest BCUT2D eigenvalue weighted by Crippen LogP contribution is -2.48. The van der Waals surface area contributed by atoms with Gasteiger partial charge in [-0.15, -0.1) is 0 Å². The summed E-state index contributed by atoms with van der Waals surface area (Å²) in [7, 11) is 0. The SMILES string of the molecule is O=C(CBr)C1CCN(C(=O)OCC2c3ccccc3-c3ccccc32)CC1.O=C(O)C1(C(=O)OCC2c3ccccc3-c3ccccc32)CCNCC1. The van der Waals surface area contributed by atoms with Gasteiger partial charge in [0.2, 0.25) is 0 Å². The molecule has 8 rings (SSSR count).